The van der Waals surface area contributed by atoms with E-state index in [9.17, 15) is 9.18 Å². The predicted molar refractivity (Wildman–Crippen MR) is 75.0 cm³/mol. The molecule has 0 bridgehead atoms. The Morgan fingerprint density at radius 2 is 1.74 bits per heavy atom. The Labute approximate surface area is 112 Å². The Hall–Kier alpha value is -2.16. The summed E-state index contributed by atoms with van der Waals surface area (Å²) in [4.78, 5) is 12.1. The Bertz CT molecular complexity index is 635. The minimum Gasteiger partial charge on any atom is -0.322 e. The van der Waals surface area contributed by atoms with E-state index in [1.807, 2.05) is 26.0 Å². The molecule has 2 aromatic carbocycles. The lowest BCUT2D eigenvalue weighted by atomic mass is 10.1. The Kier molecular flexibility index (Phi) is 3.65. The third kappa shape index (κ3) is 2.99. The molecule has 0 atom stereocenters. The first-order chi connectivity index (χ1) is 8.97. The molecule has 0 saturated heterocycles. The van der Waals surface area contributed by atoms with Gasteiger partial charge in [-0.25, -0.2) is 4.39 Å². The second kappa shape index (κ2) is 5.22. The average Bonchev–Trinajstić information content (AvgIpc) is 2.33. The monoisotopic (exact) mass is 257 g/mol. The Balaban J connectivity index is 2.23. The summed E-state index contributed by atoms with van der Waals surface area (Å²) in [6.07, 6.45) is 0. The number of aryl methyl sites for hydroxylation is 3. The lowest BCUT2D eigenvalue weighted by Crippen LogP contribution is -2.13. The molecule has 2 aromatic rings. The van der Waals surface area contributed by atoms with Gasteiger partial charge in [-0.15, -0.1) is 0 Å². The fraction of sp³-hybridized carbons (Fsp3) is 0.188. The summed E-state index contributed by atoms with van der Waals surface area (Å²) < 4.78 is 13.4. The van der Waals surface area contributed by atoms with Crippen LogP contribution >= 0.6 is 0 Å². The maximum atomic E-state index is 13.4. The molecule has 0 fully saturated rings. The molecular weight excluding hydrogens is 241 g/mol. The molecule has 0 unspecified atom stereocenters. The number of rotatable bonds is 2. The molecule has 19 heavy (non-hydrogen) atoms. The lowest BCUT2D eigenvalue weighted by molar-refractivity contribution is 0.102. The fourth-order valence-electron chi connectivity index (χ4n) is 1.94. The summed E-state index contributed by atoms with van der Waals surface area (Å²) in [6, 6.07) is 10.3. The summed E-state index contributed by atoms with van der Waals surface area (Å²) in [6.45, 7) is 5.55. The number of halogens is 1. The summed E-state index contributed by atoms with van der Waals surface area (Å²) in [5.41, 5.74) is 3.64. The number of hydrogen-bond donors (Lipinski definition) is 1. The van der Waals surface area contributed by atoms with Crippen LogP contribution in [0, 0.1) is 26.6 Å². The van der Waals surface area contributed by atoms with Gasteiger partial charge in [0, 0.05) is 11.3 Å². The van der Waals surface area contributed by atoms with E-state index in [4.69, 9.17) is 0 Å². The van der Waals surface area contributed by atoms with Crippen LogP contribution in [0.25, 0.3) is 0 Å². The van der Waals surface area contributed by atoms with Crippen molar-refractivity contribution in [3.8, 4) is 0 Å². The van der Waals surface area contributed by atoms with Gasteiger partial charge >= 0.3 is 0 Å². The van der Waals surface area contributed by atoms with Crippen molar-refractivity contribution in [2.24, 2.45) is 0 Å². The first-order valence-electron chi connectivity index (χ1n) is 6.12. The van der Waals surface area contributed by atoms with Gasteiger partial charge in [-0.3, -0.25) is 4.79 Å². The van der Waals surface area contributed by atoms with E-state index in [0.29, 0.717) is 16.8 Å². The van der Waals surface area contributed by atoms with E-state index < -0.39 is 0 Å². The van der Waals surface area contributed by atoms with Crippen molar-refractivity contribution in [1.29, 1.82) is 0 Å². The van der Waals surface area contributed by atoms with E-state index >= 15 is 0 Å². The van der Waals surface area contributed by atoms with Gasteiger partial charge in [0.1, 0.15) is 5.82 Å². The first kappa shape index (κ1) is 13.3. The number of carbonyl (C=O) groups excluding carboxylic acids is 1. The van der Waals surface area contributed by atoms with Crippen molar-refractivity contribution >= 4 is 11.6 Å². The zero-order valence-corrected chi connectivity index (χ0v) is 11.3. The van der Waals surface area contributed by atoms with Crippen LogP contribution < -0.4 is 5.32 Å². The molecular formula is C16H16FNO. The van der Waals surface area contributed by atoms with Crippen molar-refractivity contribution in [3.63, 3.8) is 0 Å². The molecule has 0 aromatic heterocycles. The van der Waals surface area contributed by atoms with Crippen LogP contribution in [0.2, 0.25) is 0 Å². The van der Waals surface area contributed by atoms with Gasteiger partial charge in [0.15, 0.2) is 0 Å². The predicted octanol–water partition coefficient (Wildman–Crippen LogP) is 4.00. The van der Waals surface area contributed by atoms with Crippen LogP contribution in [0.5, 0.6) is 0 Å². The quantitative estimate of drug-likeness (QED) is 0.865. The highest BCUT2D eigenvalue weighted by atomic mass is 19.1. The van der Waals surface area contributed by atoms with Crippen LogP contribution in [0.4, 0.5) is 10.1 Å². The van der Waals surface area contributed by atoms with Crippen LogP contribution in [0.3, 0.4) is 0 Å². The Morgan fingerprint density at radius 1 is 1.00 bits per heavy atom. The molecule has 0 aliphatic rings. The van der Waals surface area contributed by atoms with Crippen molar-refractivity contribution in [1.82, 2.24) is 0 Å². The lowest BCUT2D eigenvalue weighted by Gasteiger charge is -2.09. The number of hydrogen-bond acceptors (Lipinski definition) is 1. The van der Waals surface area contributed by atoms with Gasteiger partial charge in [0.2, 0.25) is 0 Å². The highest BCUT2D eigenvalue weighted by Crippen LogP contribution is 2.16. The SMILES string of the molecule is Cc1ccc(C(=O)Nc2ccc(C)c(F)c2)c(C)c1. The molecule has 0 radical (unpaired) electrons. The molecule has 2 rings (SSSR count). The second-order valence-corrected chi connectivity index (χ2v) is 4.74. The summed E-state index contributed by atoms with van der Waals surface area (Å²) in [5.74, 6) is -0.542. The smallest absolute Gasteiger partial charge is 0.255 e. The van der Waals surface area contributed by atoms with Crippen LogP contribution in [-0.4, -0.2) is 5.91 Å². The topological polar surface area (TPSA) is 29.1 Å². The first-order valence-corrected chi connectivity index (χ1v) is 6.12. The molecule has 1 N–H and O–H groups in total. The van der Waals surface area contributed by atoms with Crippen molar-refractivity contribution in [2.75, 3.05) is 5.32 Å². The molecule has 0 aliphatic carbocycles. The van der Waals surface area contributed by atoms with Crippen LogP contribution in [0.1, 0.15) is 27.0 Å². The molecule has 0 aliphatic heterocycles. The third-order valence-electron chi connectivity index (χ3n) is 3.06. The Morgan fingerprint density at radius 3 is 2.37 bits per heavy atom. The average molecular weight is 257 g/mol. The van der Waals surface area contributed by atoms with Gasteiger partial charge in [-0.05, 0) is 50.1 Å². The second-order valence-electron chi connectivity index (χ2n) is 4.74. The molecule has 0 saturated carbocycles. The summed E-state index contributed by atoms with van der Waals surface area (Å²) in [7, 11) is 0. The van der Waals surface area contributed by atoms with E-state index in [1.54, 1.807) is 25.1 Å². The van der Waals surface area contributed by atoms with Gasteiger partial charge < -0.3 is 5.32 Å². The van der Waals surface area contributed by atoms with Gasteiger partial charge in [-0.2, -0.15) is 0 Å². The normalized spacial score (nSPS) is 10.3. The fourth-order valence-corrected chi connectivity index (χ4v) is 1.94. The standard InChI is InChI=1S/C16H16FNO/c1-10-4-7-14(12(3)8-10)16(19)18-13-6-5-11(2)15(17)9-13/h4-9H,1-3H3,(H,18,19). The summed E-state index contributed by atoms with van der Waals surface area (Å²) in [5, 5.41) is 2.71. The highest BCUT2D eigenvalue weighted by Gasteiger charge is 2.10. The minimum atomic E-state index is -0.321. The molecule has 0 spiro atoms. The zero-order chi connectivity index (χ0) is 14.0. The third-order valence-corrected chi connectivity index (χ3v) is 3.06. The van der Waals surface area contributed by atoms with Crippen molar-refractivity contribution < 1.29 is 9.18 Å². The molecule has 2 nitrogen and oxygen atoms in total. The number of anilines is 1. The molecule has 1 amide bonds. The summed E-state index contributed by atoms with van der Waals surface area (Å²) >= 11 is 0. The largest absolute Gasteiger partial charge is 0.322 e. The van der Waals surface area contributed by atoms with E-state index in [2.05, 4.69) is 5.32 Å². The van der Waals surface area contributed by atoms with Gasteiger partial charge in [0.05, 0.1) is 0 Å². The van der Waals surface area contributed by atoms with E-state index in [1.165, 1.54) is 6.07 Å². The zero-order valence-electron chi connectivity index (χ0n) is 11.3. The molecule has 98 valence electrons. The maximum absolute atomic E-state index is 13.4. The number of amides is 1. The van der Waals surface area contributed by atoms with E-state index in [0.717, 1.165) is 11.1 Å². The van der Waals surface area contributed by atoms with Crippen LogP contribution in [-0.2, 0) is 0 Å². The van der Waals surface area contributed by atoms with E-state index in [-0.39, 0.29) is 11.7 Å². The molecule has 0 heterocycles. The van der Waals surface area contributed by atoms with Gasteiger partial charge in [-0.1, -0.05) is 23.8 Å². The van der Waals surface area contributed by atoms with Crippen molar-refractivity contribution in [2.45, 2.75) is 20.8 Å². The minimum absolute atomic E-state index is 0.222. The number of benzene rings is 2. The number of carbonyl (C=O) groups is 1. The number of nitrogens with one attached hydrogen (secondary N) is 1. The highest BCUT2D eigenvalue weighted by molar-refractivity contribution is 6.05. The van der Waals surface area contributed by atoms with Crippen LogP contribution in [0.15, 0.2) is 36.4 Å². The van der Waals surface area contributed by atoms with Gasteiger partial charge in [0.25, 0.3) is 5.91 Å². The maximum Gasteiger partial charge on any atom is 0.255 e. The van der Waals surface area contributed by atoms with Crippen molar-refractivity contribution in [3.05, 3.63) is 64.5 Å². The molecule has 3 heteroatoms.